The molecule has 8 heteroatoms. The van der Waals surface area contributed by atoms with Gasteiger partial charge in [-0.1, -0.05) is 0 Å². The number of carbonyl (C=O) groups is 1. The Morgan fingerprint density at radius 2 is 2.26 bits per heavy atom. The van der Waals surface area contributed by atoms with Gasteiger partial charge in [-0.2, -0.15) is 9.97 Å². The zero-order chi connectivity index (χ0) is 14.0. The fourth-order valence-electron chi connectivity index (χ4n) is 1.75. The van der Waals surface area contributed by atoms with Crippen molar-refractivity contribution in [1.29, 1.82) is 0 Å². The third-order valence-corrected chi connectivity index (χ3v) is 2.71. The van der Waals surface area contributed by atoms with Gasteiger partial charge in [-0.05, 0) is 13.8 Å². The highest BCUT2D eigenvalue weighted by Gasteiger charge is 2.21. The smallest absolute Gasteiger partial charge is 0.325 e. The fraction of sp³-hybridized carbons (Fsp3) is 0.455. The number of H-pyrrole nitrogens is 1. The topological polar surface area (TPSA) is 110 Å². The van der Waals surface area contributed by atoms with Crippen LogP contribution in [0.4, 0.5) is 11.8 Å². The molecule has 2 aromatic heterocycles. The van der Waals surface area contributed by atoms with E-state index in [2.05, 4.69) is 19.9 Å². The van der Waals surface area contributed by atoms with Crippen molar-refractivity contribution in [3.8, 4) is 0 Å². The lowest BCUT2D eigenvalue weighted by molar-refractivity contribution is -0.139. The van der Waals surface area contributed by atoms with Crippen molar-refractivity contribution < 1.29 is 9.53 Å². The van der Waals surface area contributed by atoms with Crippen LogP contribution in [0, 0.1) is 0 Å². The third-order valence-electron chi connectivity index (χ3n) is 2.71. The van der Waals surface area contributed by atoms with Gasteiger partial charge in [-0.3, -0.25) is 4.79 Å². The van der Waals surface area contributed by atoms with Crippen LogP contribution in [0.5, 0.6) is 0 Å². The highest BCUT2D eigenvalue weighted by Crippen LogP contribution is 2.23. The molecule has 0 bridgehead atoms. The lowest BCUT2D eigenvalue weighted by Crippen LogP contribution is -2.37. The number of fused-ring (bicyclic) bond motifs is 1. The van der Waals surface area contributed by atoms with Gasteiger partial charge in [0, 0.05) is 6.04 Å². The van der Waals surface area contributed by atoms with Gasteiger partial charge in [-0.15, -0.1) is 0 Å². The molecule has 0 spiro atoms. The fourth-order valence-corrected chi connectivity index (χ4v) is 1.75. The number of anilines is 2. The van der Waals surface area contributed by atoms with E-state index < -0.39 is 0 Å². The molecule has 3 N–H and O–H groups in total. The summed E-state index contributed by atoms with van der Waals surface area (Å²) < 4.78 is 4.70. The van der Waals surface area contributed by atoms with Crippen molar-refractivity contribution in [3.63, 3.8) is 0 Å². The SMILES string of the molecule is COC(=O)CN(c1nc(N)nc2nc[nH]c12)C(C)C. The van der Waals surface area contributed by atoms with Gasteiger partial charge >= 0.3 is 5.97 Å². The van der Waals surface area contributed by atoms with Crippen LogP contribution >= 0.6 is 0 Å². The van der Waals surface area contributed by atoms with E-state index in [1.807, 2.05) is 13.8 Å². The number of hydrogen-bond donors (Lipinski definition) is 2. The molecule has 0 fully saturated rings. The van der Waals surface area contributed by atoms with Gasteiger partial charge in [0.25, 0.3) is 0 Å². The van der Waals surface area contributed by atoms with E-state index in [-0.39, 0.29) is 24.5 Å². The minimum Gasteiger partial charge on any atom is -0.468 e. The van der Waals surface area contributed by atoms with E-state index in [1.54, 1.807) is 4.90 Å². The molecule has 0 saturated carbocycles. The number of esters is 1. The average Bonchev–Trinajstić information content (AvgIpc) is 2.82. The first-order valence-corrected chi connectivity index (χ1v) is 5.83. The summed E-state index contributed by atoms with van der Waals surface area (Å²) in [5.41, 5.74) is 6.78. The lowest BCUT2D eigenvalue weighted by Gasteiger charge is -2.26. The van der Waals surface area contributed by atoms with E-state index in [4.69, 9.17) is 10.5 Å². The molecule has 0 amide bonds. The summed E-state index contributed by atoms with van der Waals surface area (Å²) in [5.74, 6) is 0.309. The zero-order valence-corrected chi connectivity index (χ0v) is 11.0. The molecule has 0 saturated heterocycles. The second-order valence-corrected chi connectivity index (χ2v) is 4.30. The number of methoxy groups -OCH3 is 1. The Bertz CT molecular complexity index is 594. The van der Waals surface area contributed by atoms with Crippen LogP contribution < -0.4 is 10.6 Å². The van der Waals surface area contributed by atoms with E-state index in [1.165, 1.54) is 13.4 Å². The van der Waals surface area contributed by atoms with Gasteiger partial charge in [0.05, 0.1) is 13.4 Å². The Morgan fingerprint density at radius 3 is 2.89 bits per heavy atom. The largest absolute Gasteiger partial charge is 0.468 e. The number of nitrogens with two attached hydrogens (primary N) is 1. The van der Waals surface area contributed by atoms with Crippen molar-refractivity contribution in [2.75, 3.05) is 24.3 Å². The molecular weight excluding hydrogens is 248 g/mol. The van der Waals surface area contributed by atoms with Crippen LogP contribution in [-0.4, -0.2) is 45.6 Å². The highest BCUT2D eigenvalue weighted by atomic mass is 16.5. The molecule has 0 aliphatic carbocycles. The summed E-state index contributed by atoms with van der Waals surface area (Å²) in [6.07, 6.45) is 1.51. The number of nitrogens with one attached hydrogen (secondary N) is 1. The van der Waals surface area contributed by atoms with E-state index >= 15 is 0 Å². The number of imidazole rings is 1. The van der Waals surface area contributed by atoms with Gasteiger partial charge in [0.1, 0.15) is 12.1 Å². The van der Waals surface area contributed by atoms with Crippen molar-refractivity contribution in [1.82, 2.24) is 19.9 Å². The molecule has 0 unspecified atom stereocenters. The number of hydrogen-bond acceptors (Lipinski definition) is 7. The Hall–Kier alpha value is -2.38. The molecule has 0 aliphatic heterocycles. The summed E-state index contributed by atoms with van der Waals surface area (Å²) in [7, 11) is 1.35. The molecule has 8 nitrogen and oxygen atoms in total. The van der Waals surface area contributed by atoms with Crippen LogP contribution in [-0.2, 0) is 9.53 Å². The Labute approximate surface area is 110 Å². The van der Waals surface area contributed by atoms with E-state index in [9.17, 15) is 4.79 Å². The number of rotatable bonds is 4. The van der Waals surface area contributed by atoms with Crippen LogP contribution in [0.15, 0.2) is 6.33 Å². The lowest BCUT2D eigenvalue weighted by atomic mass is 10.3. The number of nitrogen functional groups attached to an aromatic ring is 1. The summed E-state index contributed by atoms with van der Waals surface area (Å²) in [5, 5.41) is 0. The molecule has 19 heavy (non-hydrogen) atoms. The summed E-state index contributed by atoms with van der Waals surface area (Å²) >= 11 is 0. The predicted molar refractivity (Wildman–Crippen MR) is 70.6 cm³/mol. The quantitative estimate of drug-likeness (QED) is 0.765. The molecule has 0 aromatic carbocycles. The normalized spacial score (nSPS) is 10.9. The Morgan fingerprint density at radius 1 is 1.53 bits per heavy atom. The summed E-state index contributed by atoms with van der Waals surface area (Å²) in [4.78, 5) is 28.5. The summed E-state index contributed by atoms with van der Waals surface area (Å²) in [6, 6.07) is 0.0416. The monoisotopic (exact) mass is 264 g/mol. The molecular formula is C11H16N6O2. The maximum Gasteiger partial charge on any atom is 0.325 e. The first-order chi connectivity index (χ1) is 9.02. The Balaban J connectivity index is 2.49. The molecule has 102 valence electrons. The second kappa shape index (κ2) is 5.09. The van der Waals surface area contributed by atoms with Crippen molar-refractivity contribution >= 4 is 28.9 Å². The highest BCUT2D eigenvalue weighted by molar-refractivity contribution is 5.86. The maximum atomic E-state index is 11.5. The Kier molecular flexibility index (Phi) is 3.50. The maximum absolute atomic E-state index is 11.5. The van der Waals surface area contributed by atoms with Crippen molar-refractivity contribution in [2.45, 2.75) is 19.9 Å². The number of aromatic amines is 1. The standard InChI is InChI=1S/C11H16N6O2/c1-6(2)17(4-7(18)19-3)10-8-9(14-5-13-8)15-11(12)16-10/h5-6H,4H2,1-3H3,(H3,12,13,14,15,16). The van der Waals surface area contributed by atoms with Gasteiger partial charge in [0.2, 0.25) is 5.95 Å². The molecule has 2 heterocycles. The first kappa shape index (κ1) is 13.1. The van der Waals surface area contributed by atoms with Crippen molar-refractivity contribution in [2.24, 2.45) is 0 Å². The van der Waals surface area contributed by atoms with Gasteiger partial charge in [0.15, 0.2) is 11.5 Å². The zero-order valence-electron chi connectivity index (χ0n) is 11.0. The van der Waals surface area contributed by atoms with Gasteiger partial charge in [-0.25, -0.2) is 4.98 Å². The molecule has 0 radical (unpaired) electrons. The van der Waals surface area contributed by atoms with E-state index in [0.29, 0.717) is 17.0 Å². The molecule has 0 aliphatic rings. The summed E-state index contributed by atoms with van der Waals surface area (Å²) in [6.45, 7) is 3.98. The van der Waals surface area contributed by atoms with Crippen molar-refractivity contribution in [3.05, 3.63) is 6.33 Å². The number of aromatic nitrogens is 4. The number of ether oxygens (including phenoxy) is 1. The average molecular weight is 264 g/mol. The first-order valence-electron chi connectivity index (χ1n) is 5.83. The predicted octanol–water partition coefficient (Wildman–Crippen LogP) is 0.323. The van der Waals surface area contributed by atoms with Crippen LogP contribution in [0.3, 0.4) is 0 Å². The van der Waals surface area contributed by atoms with E-state index in [0.717, 1.165) is 0 Å². The minimum atomic E-state index is -0.349. The molecule has 2 rings (SSSR count). The van der Waals surface area contributed by atoms with Crippen LogP contribution in [0.1, 0.15) is 13.8 Å². The van der Waals surface area contributed by atoms with Crippen LogP contribution in [0.25, 0.3) is 11.2 Å². The van der Waals surface area contributed by atoms with Crippen LogP contribution in [0.2, 0.25) is 0 Å². The molecule has 0 atom stereocenters. The number of carbonyl (C=O) groups excluding carboxylic acids is 1. The minimum absolute atomic E-state index is 0.0416. The number of nitrogens with zero attached hydrogens (tertiary/aromatic N) is 4. The third kappa shape index (κ3) is 2.56. The molecule has 2 aromatic rings. The van der Waals surface area contributed by atoms with Gasteiger partial charge < -0.3 is 20.4 Å². The second-order valence-electron chi connectivity index (χ2n) is 4.30.